The smallest absolute Gasteiger partial charge is 0.315 e. The van der Waals surface area contributed by atoms with Crippen LogP contribution >= 0.6 is 0 Å². The number of rotatable bonds is 4. The molecule has 1 aromatic rings. The number of hydrogen-bond acceptors (Lipinski definition) is 3. The van der Waals surface area contributed by atoms with E-state index in [9.17, 15) is 4.79 Å². The Morgan fingerprint density at radius 3 is 2.75 bits per heavy atom. The highest BCUT2D eigenvalue weighted by atomic mass is 16.5. The first-order chi connectivity index (χ1) is 9.60. The standard InChI is InChI=1S/C15H23N3O2/c1-17-8-6-13(7-9-17)18(15(16)19)11-12-4-3-5-14(10-12)20-2/h3-5,10,13H,6-9,11H2,1-2H3,(H2,16,19). The SMILES string of the molecule is COc1cccc(CN(C(N)=O)C2CCN(C)CC2)c1. The van der Waals surface area contributed by atoms with Gasteiger partial charge in [0.1, 0.15) is 5.75 Å². The van der Waals surface area contributed by atoms with Gasteiger partial charge in [0.2, 0.25) is 0 Å². The van der Waals surface area contributed by atoms with Crippen molar-refractivity contribution >= 4 is 6.03 Å². The number of primary amides is 1. The summed E-state index contributed by atoms with van der Waals surface area (Å²) in [5.41, 5.74) is 6.61. The molecule has 0 saturated carbocycles. The zero-order chi connectivity index (χ0) is 14.5. The lowest BCUT2D eigenvalue weighted by Gasteiger charge is -2.36. The van der Waals surface area contributed by atoms with Crippen molar-refractivity contribution in [2.75, 3.05) is 27.2 Å². The highest BCUT2D eigenvalue weighted by molar-refractivity contribution is 5.72. The van der Waals surface area contributed by atoms with Gasteiger partial charge in [-0.1, -0.05) is 12.1 Å². The van der Waals surface area contributed by atoms with E-state index in [0.29, 0.717) is 6.54 Å². The van der Waals surface area contributed by atoms with Crippen LogP contribution in [0.5, 0.6) is 5.75 Å². The predicted molar refractivity (Wildman–Crippen MR) is 78.6 cm³/mol. The average Bonchev–Trinajstić information content (AvgIpc) is 2.46. The molecule has 0 bridgehead atoms. The third kappa shape index (κ3) is 3.63. The summed E-state index contributed by atoms with van der Waals surface area (Å²) in [5, 5.41) is 0. The lowest BCUT2D eigenvalue weighted by Crippen LogP contribution is -2.48. The van der Waals surface area contributed by atoms with Crippen molar-refractivity contribution in [3.63, 3.8) is 0 Å². The Morgan fingerprint density at radius 1 is 1.45 bits per heavy atom. The summed E-state index contributed by atoms with van der Waals surface area (Å²) >= 11 is 0. The molecule has 2 N–H and O–H groups in total. The van der Waals surface area contributed by atoms with E-state index >= 15 is 0 Å². The van der Waals surface area contributed by atoms with Crippen LogP contribution < -0.4 is 10.5 Å². The molecule has 1 aliphatic rings. The van der Waals surface area contributed by atoms with E-state index < -0.39 is 0 Å². The second kappa shape index (κ2) is 6.61. The van der Waals surface area contributed by atoms with Gasteiger partial charge in [-0.25, -0.2) is 4.79 Å². The van der Waals surface area contributed by atoms with Crippen molar-refractivity contribution in [1.29, 1.82) is 0 Å². The molecule has 1 saturated heterocycles. The van der Waals surface area contributed by atoms with Crippen LogP contribution in [-0.4, -0.2) is 49.1 Å². The first-order valence-corrected chi connectivity index (χ1v) is 6.97. The molecule has 0 spiro atoms. The number of hydrogen-bond donors (Lipinski definition) is 1. The molecule has 20 heavy (non-hydrogen) atoms. The van der Waals surface area contributed by atoms with Gasteiger partial charge in [-0.2, -0.15) is 0 Å². The fourth-order valence-electron chi connectivity index (χ4n) is 2.66. The average molecular weight is 277 g/mol. The van der Waals surface area contributed by atoms with Gasteiger partial charge in [-0.3, -0.25) is 0 Å². The van der Waals surface area contributed by atoms with E-state index in [1.165, 1.54) is 0 Å². The fraction of sp³-hybridized carbons (Fsp3) is 0.533. The predicted octanol–water partition coefficient (Wildman–Crippen LogP) is 1.67. The van der Waals surface area contributed by atoms with Crippen molar-refractivity contribution < 1.29 is 9.53 Å². The summed E-state index contributed by atoms with van der Waals surface area (Å²) in [6, 6.07) is 7.66. The van der Waals surface area contributed by atoms with Crippen molar-refractivity contribution in [2.45, 2.75) is 25.4 Å². The van der Waals surface area contributed by atoms with Crippen LogP contribution in [-0.2, 0) is 6.54 Å². The lowest BCUT2D eigenvalue weighted by atomic mass is 10.0. The Kier molecular flexibility index (Phi) is 4.84. The van der Waals surface area contributed by atoms with Gasteiger partial charge in [0.25, 0.3) is 0 Å². The summed E-state index contributed by atoms with van der Waals surface area (Å²) in [4.78, 5) is 15.8. The van der Waals surface area contributed by atoms with Crippen LogP contribution in [0.15, 0.2) is 24.3 Å². The first-order valence-electron chi connectivity index (χ1n) is 6.97. The molecule has 1 aliphatic heterocycles. The molecular formula is C15H23N3O2. The third-order valence-electron chi connectivity index (χ3n) is 3.90. The maximum absolute atomic E-state index is 11.7. The van der Waals surface area contributed by atoms with E-state index in [-0.39, 0.29) is 12.1 Å². The van der Waals surface area contributed by atoms with Gasteiger partial charge in [0, 0.05) is 12.6 Å². The fourth-order valence-corrected chi connectivity index (χ4v) is 2.66. The monoisotopic (exact) mass is 277 g/mol. The topological polar surface area (TPSA) is 58.8 Å². The summed E-state index contributed by atoms with van der Waals surface area (Å²) in [6.07, 6.45) is 1.95. The van der Waals surface area contributed by atoms with Crippen molar-refractivity contribution in [2.24, 2.45) is 5.73 Å². The molecule has 0 aromatic heterocycles. The lowest BCUT2D eigenvalue weighted by molar-refractivity contribution is 0.133. The molecule has 1 fully saturated rings. The second-order valence-corrected chi connectivity index (χ2v) is 5.35. The number of benzene rings is 1. The van der Waals surface area contributed by atoms with E-state index in [0.717, 1.165) is 37.2 Å². The zero-order valence-electron chi connectivity index (χ0n) is 12.2. The quantitative estimate of drug-likeness (QED) is 0.910. The minimum atomic E-state index is -0.345. The van der Waals surface area contributed by atoms with Crippen LogP contribution in [0.1, 0.15) is 18.4 Å². The molecule has 2 rings (SSSR count). The highest BCUT2D eigenvalue weighted by Gasteiger charge is 2.25. The number of carbonyl (C=O) groups is 1. The van der Waals surface area contributed by atoms with Crippen LogP contribution in [0.3, 0.4) is 0 Å². The Balaban J connectivity index is 2.07. The number of carbonyl (C=O) groups excluding carboxylic acids is 1. The van der Waals surface area contributed by atoms with E-state index in [4.69, 9.17) is 10.5 Å². The molecule has 0 atom stereocenters. The van der Waals surface area contributed by atoms with E-state index in [1.54, 1.807) is 12.0 Å². The van der Waals surface area contributed by atoms with Crippen LogP contribution in [0, 0.1) is 0 Å². The third-order valence-corrected chi connectivity index (χ3v) is 3.90. The molecule has 2 amide bonds. The highest BCUT2D eigenvalue weighted by Crippen LogP contribution is 2.20. The van der Waals surface area contributed by atoms with Gasteiger partial charge >= 0.3 is 6.03 Å². The van der Waals surface area contributed by atoms with Crippen LogP contribution in [0.25, 0.3) is 0 Å². The Labute approximate surface area is 120 Å². The number of likely N-dealkylation sites (tertiary alicyclic amines) is 1. The van der Waals surface area contributed by atoms with Gasteiger partial charge in [0.15, 0.2) is 0 Å². The molecule has 5 heteroatoms. The minimum Gasteiger partial charge on any atom is -0.497 e. The summed E-state index contributed by atoms with van der Waals surface area (Å²) in [5.74, 6) is 0.801. The molecule has 5 nitrogen and oxygen atoms in total. The number of urea groups is 1. The van der Waals surface area contributed by atoms with Crippen LogP contribution in [0.4, 0.5) is 4.79 Å². The number of piperidine rings is 1. The first kappa shape index (κ1) is 14.7. The van der Waals surface area contributed by atoms with Gasteiger partial charge in [-0.05, 0) is 50.7 Å². The molecule has 1 aromatic carbocycles. The normalized spacial score (nSPS) is 16.9. The van der Waals surface area contributed by atoms with Crippen molar-refractivity contribution in [3.8, 4) is 5.75 Å². The number of methoxy groups -OCH3 is 1. The largest absolute Gasteiger partial charge is 0.497 e. The molecule has 0 unspecified atom stereocenters. The molecular weight excluding hydrogens is 254 g/mol. The number of nitrogens with zero attached hydrogens (tertiary/aromatic N) is 2. The van der Waals surface area contributed by atoms with E-state index in [2.05, 4.69) is 11.9 Å². The van der Waals surface area contributed by atoms with Gasteiger partial charge in [-0.15, -0.1) is 0 Å². The molecule has 0 aliphatic carbocycles. The number of ether oxygens (including phenoxy) is 1. The van der Waals surface area contributed by atoms with Crippen LogP contribution in [0.2, 0.25) is 0 Å². The Bertz CT molecular complexity index is 456. The Hall–Kier alpha value is -1.75. The summed E-state index contributed by atoms with van der Waals surface area (Å²) in [6.45, 7) is 2.56. The molecule has 1 heterocycles. The van der Waals surface area contributed by atoms with E-state index in [1.807, 2.05) is 24.3 Å². The number of amides is 2. The van der Waals surface area contributed by atoms with Crippen molar-refractivity contribution in [3.05, 3.63) is 29.8 Å². The molecule has 0 radical (unpaired) electrons. The summed E-state index contributed by atoms with van der Waals surface area (Å²) < 4.78 is 5.22. The zero-order valence-corrected chi connectivity index (χ0v) is 12.2. The Morgan fingerprint density at radius 2 is 2.15 bits per heavy atom. The maximum atomic E-state index is 11.7. The summed E-state index contributed by atoms with van der Waals surface area (Å²) in [7, 11) is 3.74. The molecule has 110 valence electrons. The van der Waals surface area contributed by atoms with Gasteiger partial charge in [0.05, 0.1) is 7.11 Å². The second-order valence-electron chi connectivity index (χ2n) is 5.35. The number of nitrogens with two attached hydrogens (primary N) is 1. The van der Waals surface area contributed by atoms with Crippen molar-refractivity contribution in [1.82, 2.24) is 9.80 Å². The maximum Gasteiger partial charge on any atom is 0.315 e. The minimum absolute atomic E-state index is 0.231. The van der Waals surface area contributed by atoms with Gasteiger partial charge < -0.3 is 20.3 Å².